The molecule has 0 amide bonds. The Morgan fingerprint density at radius 3 is 0.746 bits per heavy atom. The van der Waals surface area contributed by atoms with E-state index in [4.69, 9.17) is 27.8 Å². The molecule has 8 heteroatoms. The monoisotopic (exact) mass is 824 g/mol. The maximum atomic E-state index is 14.9. The quantitative estimate of drug-likeness (QED) is 0.0658. The molecule has 0 saturated heterocycles. The van der Waals surface area contributed by atoms with E-state index in [0.29, 0.717) is 71.0 Å². The molecule has 0 radical (unpaired) electrons. The number of ether oxygens (including phenoxy) is 3. The van der Waals surface area contributed by atoms with Gasteiger partial charge in [-0.3, -0.25) is 0 Å². The van der Waals surface area contributed by atoms with E-state index >= 15 is 0 Å². The first-order valence-corrected chi connectivity index (χ1v) is 24.9. The molecule has 6 unspecified atom stereocenters. The van der Waals surface area contributed by atoms with Crippen molar-refractivity contribution in [2.45, 2.75) is 154 Å². The van der Waals surface area contributed by atoms with Crippen molar-refractivity contribution in [1.29, 1.82) is 0 Å². The van der Waals surface area contributed by atoms with E-state index in [-0.39, 0.29) is 20.4 Å². The Morgan fingerprint density at radius 2 is 0.576 bits per heavy atom. The SMILES string of the molecule is CC(c1cccc(C(C)C2CC2)c1OCOP(=O)(OCOc1c(C(C)C2CC2)cccc1C(C)C1CC1)OCOc1c(C(C)C2CC2)cccc1C(C)C1CC1)C1CC1. The van der Waals surface area contributed by atoms with Crippen LogP contribution in [0.15, 0.2) is 54.6 Å². The van der Waals surface area contributed by atoms with Gasteiger partial charge in [0.15, 0.2) is 20.4 Å². The van der Waals surface area contributed by atoms with Crippen molar-refractivity contribution in [3.8, 4) is 17.2 Å². The molecule has 320 valence electrons. The maximum absolute atomic E-state index is 14.9. The molecule has 0 heterocycles. The molecular weight excluding hydrogens is 756 g/mol. The molecule has 0 N–H and O–H groups in total. The normalized spacial score (nSPS) is 23.4. The van der Waals surface area contributed by atoms with E-state index < -0.39 is 7.82 Å². The Balaban J connectivity index is 0.962. The van der Waals surface area contributed by atoms with Crippen molar-refractivity contribution in [1.82, 2.24) is 0 Å². The molecule has 7 nitrogen and oxygen atoms in total. The maximum Gasteiger partial charge on any atom is 0.483 e. The molecule has 59 heavy (non-hydrogen) atoms. The highest BCUT2D eigenvalue weighted by Crippen LogP contribution is 2.55. The Kier molecular flexibility index (Phi) is 12.3. The van der Waals surface area contributed by atoms with Gasteiger partial charge in [-0.2, -0.15) is 0 Å². The molecule has 3 aromatic rings. The highest BCUT2D eigenvalue weighted by Gasteiger charge is 2.39. The zero-order chi connectivity index (χ0) is 40.8. The van der Waals surface area contributed by atoms with Crippen LogP contribution in [0.3, 0.4) is 0 Å². The molecule has 6 aliphatic carbocycles. The van der Waals surface area contributed by atoms with Crippen LogP contribution in [0.25, 0.3) is 0 Å². The Bertz CT molecular complexity index is 1640. The van der Waals surface area contributed by atoms with Crippen LogP contribution < -0.4 is 14.2 Å². The minimum absolute atomic E-state index is 0.283. The first-order chi connectivity index (χ1) is 28.6. The summed E-state index contributed by atoms with van der Waals surface area (Å²) in [6.07, 6.45) is 14.9. The van der Waals surface area contributed by atoms with Gasteiger partial charge in [0.05, 0.1) is 0 Å². The van der Waals surface area contributed by atoms with Crippen molar-refractivity contribution in [2.24, 2.45) is 35.5 Å². The smallest absolute Gasteiger partial charge is 0.466 e. The number of hydrogen-bond acceptors (Lipinski definition) is 7. The fourth-order valence-corrected chi connectivity index (χ4v) is 10.8. The lowest BCUT2D eigenvalue weighted by atomic mass is 9.88. The average Bonchev–Trinajstić information content (AvgIpc) is 4.03. The van der Waals surface area contributed by atoms with Gasteiger partial charge < -0.3 is 14.2 Å². The lowest BCUT2D eigenvalue weighted by Crippen LogP contribution is -2.15. The summed E-state index contributed by atoms with van der Waals surface area (Å²) < 4.78 is 53.2. The van der Waals surface area contributed by atoms with Gasteiger partial charge in [0.1, 0.15) is 17.2 Å². The molecule has 0 bridgehead atoms. The van der Waals surface area contributed by atoms with Gasteiger partial charge >= 0.3 is 7.82 Å². The Hall–Kier alpha value is -2.83. The van der Waals surface area contributed by atoms with E-state index in [1.165, 1.54) is 110 Å². The van der Waals surface area contributed by atoms with Crippen molar-refractivity contribution in [2.75, 3.05) is 20.4 Å². The predicted octanol–water partition coefficient (Wildman–Crippen LogP) is 14.3. The molecule has 6 saturated carbocycles. The van der Waals surface area contributed by atoms with Gasteiger partial charge in [-0.05, 0) is 181 Å². The van der Waals surface area contributed by atoms with Crippen LogP contribution in [0.1, 0.15) is 187 Å². The molecule has 6 atom stereocenters. The number of phosphoric ester groups is 1. The minimum Gasteiger partial charge on any atom is -0.466 e. The first kappa shape index (κ1) is 41.5. The van der Waals surface area contributed by atoms with Crippen LogP contribution in [0.2, 0.25) is 0 Å². The minimum atomic E-state index is -4.28. The number of phosphoric acid groups is 1. The van der Waals surface area contributed by atoms with Gasteiger partial charge in [0.2, 0.25) is 0 Å². The average molecular weight is 825 g/mol. The zero-order valence-electron chi connectivity index (χ0n) is 36.5. The Labute approximate surface area is 354 Å². The van der Waals surface area contributed by atoms with Crippen molar-refractivity contribution < 1.29 is 32.3 Å². The van der Waals surface area contributed by atoms with E-state index in [1.54, 1.807) is 0 Å². The third-order valence-electron chi connectivity index (χ3n) is 15.4. The molecule has 0 spiro atoms. The van der Waals surface area contributed by atoms with Crippen LogP contribution in [0.5, 0.6) is 17.2 Å². The second kappa shape index (κ2) is 17.5. The van der Waals surface area contributed by atoms with Crippen LogP contribution in [-0.2, 0) is 18.1 Å². The molecule has 3 aromatic carbocycles. The van der Waals surface area contributed by atoms with E-state index in [2.05, 4.69) is 96.1 Å². The third kappa shape index (κ3) is 9.80. The standard InChI is InChI=1S/C51H69O7P/c1-31(37-16-17-37)43-10-7-11-44(32(2)38-18-19-38)49(43)53-28-56-59(52,57-29-54-50-45(33(3)39-20-21-39)12-8-13-46(50)34(4)40-22-23-40)58-30-55-51-47(35(5)41-24-25-41)14-9-15-48(51)36(6)42-26-27-42/h7-15,31-42H,16-30H2,1-6H3. The summed E-state index contributed by atoms with van der Waals surface area (Å²) >= 11 is 0. The zero-order valence-corrected chi connectivity index (χ0v) is 37.4. The molecule has 6 fully saturated rings. The van der Waals surface area contributed by atoms with Gasteiger partial charge in [0.25, 0.3) is 0 Å². The molecule has 6 aliphatic rings. The highest BCUT2D eigenvalue weighted by atomic mass is 31.2. The summed E-state index contributed by atoms with van der Waals surface area (Å²) in [6, 6.07) is 19.7. The molecule has 0 aromatic heterocycles. The lowest BCUT2D eigenvalue weighted by Gasteiger charge is -2.26. The lowest BCUT2D eigenvalue weighted by molar-refractivity contribution is -0.00582. The first-order valence-electron chi connectivity index (χ1n) is 23.4. The van der Waals surface area contributed by atoms with Crippen molar-refractivity contribution in [3.63, 3.8) is 0 Å². The third-order valence-corrected chi connectivity index (χ3v) is 16.7. The van der Waals surface area contributed by atoms with Gasteiger partial charge in [-0.15, -0.1) is 0 Å². The predicted molar refractivity (Wildman–Crippen MR) is 234 cm³/mol. The topological polar surface area (TPSA) is 72.5 Å². The number of para-hydroxylation sites is 3. The summed E-state index contributed by atoms with van der Waals surface area (Å²) in [5.41, 5.74) is 7.18. The highest BCUT2D eigenvalue weighted by molar-refractivity contribution is 7.48. The van der Waals surface area contributed by atoms with E-state index in [1.807, 2.05) is 0 Å². The number of hydrogen-bond donors (Lipinski definition) is 0. The molecule has 9 rings (SSSR count). The van der Waals surface area contributed by atoms with E-state index in [0.717, 1.165) is 17.2 Å². The second-order valence-electron chi connectivity index (χ2n) is 19.7. The number of benzene rings is 3. The van der Waals surface area contributed by atoms with Crippen LogP contribution in [0.4, 0.5) is 0 Å². The van der Waals surface area contributed by atoms with Crippen molar-refractivity contribution in [3.05, 3.63) is 88.0 Å². The van der Waals surface area contributed by atoms with Gasteiger partial charge in [-0.25, -0.2) is 18.1 Å². The van der Waals surface area contributed by atoms with Gasteiger partial charge in [0, 0.05) is 0 Å². The second-order valence-corrected chi connectivity index (χ2v) is 21.3. The largest absolute Gasteiger partial charge is 0.483 e. The van der Waals surface area contributed by atoms with Crippen molar-refractivity contribution >= 4 is 7.82 Å². The van der Waals surface area contributed by atoms with Crippen LogP contribution in [0, 0.1) is 35.5 Å². The van der Waals surface area contributed by atoms with Crippen LogP contribution in [-0.4, -0.2) is 20.4 Å². The molecular formula is C51H69O7P. The fraction of sp³-hybridized carbons (Fsp3) is 0.647. The fourth-order valence-electron chi connectivity index (χ4n) is 10.0. The molecule has 0 aliphatic heterocycles. The summed E-state index contributed by atoms with van der Waals surface area (Å²) in [7, 11) is -4.28. The summed E-state index contributed by atoms with van der Waals surface area (Å²) in [5.74, 6) is 8.74. The Morgan fingerprint density at radius 1 is 0.390 bits per heavy atom. The number of rotatable bonds is 24. The summed E-state index contributed by atoms with van der Waals surface area (Å²) in [6.45, 7) is 13.0. The van der Waals surface area contributed by atoms with Crippen LogP contribution >= 0.6 is 7.82 Å². The summed E-state index contributed by atoms with van der Waals surface area (Å²) in [4.78, 5) is 0. The van der Waals surface area contributed by atoms with Gasteiger partial charge in [-0.1, -0.05) is 96.1 Å². The van der Waals surface area contributed by atoms with E-state index in [9.17, 15) is 4.57 Å². The summed E-state index contributed by atoms with van der Waals surface area (Å²) in [5, 5.41) is 0.